The van der Waals surface area contributed by atoms with E-state index in [1.165, 1.54) is 11.1 Å². The van der Waals surface area contributed by atoms with Crippen molar-refractivity contribution in [3.8, 4) is 11.3 Å². The number of carbonyl (C=O) groups excluding carboxylic acids is 3. The lowest BCUT2D eigenvalue weighted by molar-refractivity contribution is -0.137. The van der Waals surface area contributed by atoms with Crippen molar-refractivity contribution >= 4 is 45.4 Å². The van der Waals surface area contributed by atoms with Crippen LogP contribution in [0.1, 0.15) is 102 Å². The first kappa shape index (κ1) is 38.8. The molecule has 3 fully saturated rings. The summed E-state index contributed by atoms with van der Waals surface area (Å²) in [6.45, 7) is 21.5. The van der Waals surface area contributed by atoms with Crippen molar-refractivity contribution in [3.05, 3.63) is 45.8 Å². The first-order valence-electron chi connectivity index (χ1n) is 19.5. The maximum atomic E-state index is 14.1. The van der Waals surface area contributed by atoms with Crippen molar-refractivity contribution in [2.45, 2.75) is 124 Å². The zero-order valence-electron chi connectivity index (χ0n) is 33.1. The Morgan fingerprint density at radius 1 is 0.943 bits per heavy atom. The van der Waals surface area contributed by atoms with E-state index < -0.39 is 11.5 Å². The number of hydrogen-bond donors (Lipinski definition) is 3. The van der Waals surface area contributed by atoms with Crippen molar-refractivity contribution in [3.63, 3.8) is 0 Å². The number of aryl methyl sites for hydroxylation is 2. The largest absolute Gasteiger partial charge is 0.447 e. The molecule has 3 aliphatic rings. The molecule has 3 amide bonds. The van der Waals surface area contributed by atoms with Gasteiger partial charge in [-0.1, -0.05) is 24.1 Å². The summed E-state index contributed by atoms with van der Waals surface area (Å²) in [6.07, 6.45) is 3.68. The first-order valence-corrected chi connectivity index (χ1v) is 20.3. The van der Waals surface area contributed by atoms with Gasteiger partial charge in [-0.2, -0.15) is 0 Å². The van der Waals surface area contributed by atoms with Gasteiger partial charge in [0.25, 0.3) is 0 Å². The molecule has 3 aliphatic heterocycles. The number of H-pyrrole nitrogens is 1. The number of thiophene rings is 1. The number of rotatable bonds is 10. The third kappa shape index (κ3) is 8.59. The molecule has 2 bridgehead atoms. The van der Waals surface area contributed by atoms with Gasteiger partial charge < -0.3 is 24.8 Å². The van der Waals surface area contributed by atoms with E-state index in [0.717, 1.165) is 57.6 Å². The number of hydrogen-bond acceptors (Lipinski definition) is 7. The Morgan fingerprint density at radius 2 is 1.57 bits per heavy atom. The maximum Gasteiger partial charge on any atom is 0.414 e. The summed E-state index contributed by atoms with van der Waals surface area (Å²) >= 11 is 1.68. The van der Waals surface area contributed by atoms with Gasteiger partial charge in [-0.3, -0.25) is 24.8 Å². The Labute approximate surface area is 318 Å². The van der Waals surface area contributed by atoms with Crippen molar-refractivity contribution in [2.75, 3.05) is 39.3 Å². The van der Waals surface area contributed by atoms with Gasteiger partial charge in [-0.05, 0) is 110 Å². The summed E-state index contributed by atoms with van der Waals surface area (Å²) in [5, 5.41) is 7.03. The molecule has 3 saturated heterocycles. The second kappa shape index (κ2) is 15.8. The van der Waals surface area contributed by atoms with E-state index in [1.807, 2.05) is 27.7 Å². The number of nitrogens with one attached hydrogen (secondary N) is 3. The van der Waals surface area contributed by atoms with E-state index in [-0.39, 0.29) is 29.9 Å². The van der Waals surface area contributed by atoms with Crippen LogP contribution in [0.15, 0.2) is 29.3 Å². The summed E-state index contributed by atoms with van der Waals surface area (Å²) in [6, 6.07) is 9.72. The van der Waals surface area contributed by atoms with Crippen LogP contribution in [-0.4, -0.2) is 107 Å². The number of benzene rings is 1. The number of nitrogens with zero attached hydrogens (tertiary/aromatic N) is 4. The molecule has 0 saturated carbocycles. The number of carbonyl (C=O) groups is 3. The topological polar surface area (TPSA) is 122 Å². The number of piperazine rings is 1. The zero-order chi connectivity index (χ0) is 38.2. The molecule has 53 heavy (non-hydrogen) atoms. The molecule has 0 spiro atoms. The van der Waals surface area contributed by atoms with Gasteiger partial charge >= 0.3 is 6.09 Å². The van der Waals surface area contributed by atoms with Crippen molar-refractivity contribution < 1.29 is 19.1 Å². The molecule has 6 rings (SSSR count). The third-order valence-corrected chi connectivity index (χ3v) is 12.3. The number of ether oxygens (including phenoxy) is 1. The van der Waals surface area contributed by atoms with Gasteiger partial charge in [0.1, 0.15) is 4.83 Å². The quantitative estimate of drug-likeness (QED) is 0.157. The van der Waals surface area contributed by atoms with Gasteiger partial charge in [0.2, 0.25) is 17.8 Å². The van der Waals surface area contributed by atoms with Crippen LogP contribution >= 0.6 is 11.3 Å². The molecular weight excluding hydrogens is 687 g/mol. The fraction of sp³-hybridized carbons (Fsp3) is 0.610. The average molecular weight is 746 g/mol. The summed E-state index contributed by atoms with van der Waals surface area (Å²) in [7, 11) is 0. The highest BCUT2D eigenvalue weighted by molar-refractivity contribution is 7.19. The number of guanidine groups is 1. The van der Waals surface area contributed by atoms with Crippen molar-refractivity contribution in [1.29, 1.82) is 0 Å². The monoisotopic (exact) mass is 745 g/mol. The minimum absolute atomic E-state index is 0.0136. The first-order chi connectivity index (χ1) is 25.1. The predicted octanol–water partition coefficient (Wildman–Crippen LogP) is 6.68. The second-order valence-corrected chi connectivity index (χ2v) is 17.6. The normalized spacial score (nSPS) is 20.2. The third-order valence-electron chi connectivity index (χ3n) is 10.9. The summed E-state index contributed by atoms with van der Waals surface area (Å²) in [5.41, 5.74) is 5.09. The molecule has 0 aliphatic carbocycles. The SMILES string of the molecule is Cc1cc(C)cc(-c2[nH]c3sc(C(C)(C)C(=O)N4C5CCC4CC5)cc3c2[C@H](C)CN=C(NC(=O)OC(C)C)N2CCN(CC(=O)NC(C)C)CC2)c1. The number of aromatic nitrogens is 1. The van der Waals surface area contributed by atoms with Crippen LogP contribution in [0.25, 0.3) is 21.5 Å². The van der Waals surface area contributed by atoms with Crippen LogP contribution < -0.4 is 10.6 Å². The van der Waals surface area contributed by atoms with Gasteiger partial charge in [0.05, 0.1) is 23.8 Å². The summed E-state index contributed by atoms with van der Waals surface area (Å²) < 4.78 is 5.47. The fourth-order valence-corrected chi connectivity index (χ4v) is 9.57. The molecule has 1 aromatic carbocycles. The molecule has 1 atom stereocenters. The lowest BCUT2D eigenvalue weighted by Gasteiger charge is -2.36. The number of amides is 3. The molecule has 0 radical (unpaired) electrons. The zero-order valence-corrected chi connectivity index (χ0v) is 33.9. The van der Waals surface area contributed by atoms with E-state index >= 15 is 0 Å². The lowest BCUT2D eigenvalue weighted by Crippen LogP contribution is -2.55. The summed E-state index contributed by atoms with van der Waals surface area (Å²) in [4.78, 5) is 56.9. The van der Waals surface area contributed by atoms with E-state index in [1.54, 1.807) is 11.3 Å². The molecule has 2 aromatic heterocycles. The Bertz CT molecular complexity index is 1810. The number of aliphatic imine (C=N–C) groups is 1. The van der Waals surface area contributed by atoms with E-state index in [2.05, 4.69) is 89.2 Å². The highest BCUT2D eigenvalue weighted by Gasteiger charge is 2.47. The second-order valence-electron chi connectivity index (χ2n) is 16.6. The van der Waals surface area contributed by atoms with E-state index in [4.69, 9.17) is 9.73 Å². The highest BCUT2D eigenvalue weighted by atomic mass is 32.1. The molecule has 5 heterocycles. The Kier molecular flexibility index (Phi) is 11.6. The fourth-order valence-electron chi connectivity index (χ4n) is 8.40. The van der Waals surface area contributed by atoms with Gasteiger partial charge in [-0.15, -0.1) is 11.3 Å². The minimum atomic E-state index is -0.639. The summed E-state index contributed by atoms with van der Waals surface area (Å²) in [5.74, 6) is 0.699. The van der Waals surface area contributed by atoms with E-state index in [9.17, 15) is 14.4 Å². The van der Waals surface area contributed by atoms with Crippen molar-refractivity contribution in [1.82, 2.24) is 30.3 Å². The number of fused-ring (bicyclic) bond motifs is 3. The van der Waals surface area contributed by atoms with Gasteiger partial charge in [-0.25, -0.2) is 4.79 Å². The van der Waals surface area contributed by atoms with Crippen LogP contribution in [0, 0.1) is 13.8 Å². The molecule has 288 valence electrons. The van der Waals surface area contributed by atoms with E-state index in [0.29, 0.717) is 57.3 Å². The Balaban J connectivity index is 1.30. The molecule has 12 heteroatoms. The van der Waals surface area contributed by atoms with Crippen LogP contribution in [0.3, 0.4) is 0 Å². The number of alkyl carbamates (subject to hydrolysis) is 1. The highest BCUT2D eigenvalue weighted by Crippen LogP contribution is 2.46. The van der Waals surface area contributed by atoms with Crippen LogP contribution in [0.2, 0.25) is 0 Å². The number of aromatic amines is 1. The predicted molar refractivity (Wildman–Crippen MR) is 214 cm³/mol. The minimum Gasteiger partial charge on any atom is -0.447 e. The van der Waals surface area contributed by atoms with Crippen LogP contribution in [0.5, 0.6) is 0 Å². The lowest BCUT2D eigenvalue weighted by atomic mass is 9.88. The smallest absolute Gasteiger partial charge is 0.414 e. The Hall–Kier alpha value is -3.90. The average Bonchev–Trinajstić information content (AvgIpc) is 3.86. The Morgan fingerprint density at radius 3 is 2.15 bits per heavy atom. The molecule has 11 nitrogen and oxygen atoms in total. The molecular formula is C41H59N7O4S. The standard InChI is InChI=1S/C41H59N7O4S/c1-24(2)43-34(49)23-46-14-16-47(17-15-46)39(45-40(51)52-25(3)4)42-22-28(7)35-32-21-33(41(8,9)38(50)48-30-10-11-31(48)13-12-30)53-37(32)44-36(35)29-19-26(5)18-27(6)20-29/h18-21,24-25,28,30-31,44H,10-17,22-23H2,1-9H3,(H,43,49)(H,42,45,51)/t28-,30?,31?/m1/s1. The molecule has 3 aromatic rings. The molecule has 3 N–H and O–H groups in total. The molecule has 0 unspecified atom stereocenters. The maximum absolute atomic E-state index is 14.1. The van der Waals surface area contributed by atoms with Gasteiger partial charge in [0, 0.05) is 67.0 Å². The van der Waals surface area contributed by atoms with Crippen LogP contribution in [0.4, 0.5) is 4.79 Å². The van der Waals surface area contributed by atoms with Gasteiger partial charge in [0.15, 0.2) is 0 Å². The van der Waals surface area contributed by atoms with Crippen LogP contribution in [-0.2, 0) is 19.7 Å². The van der Waals surface area contributed by atoms with Crippen molar-refractivity contribution in [2.24, 2.45) is 4.99 Å².